The molecule has 6 nitrogen and oxygen atoms in total. The molecule has 6 heteroatoms. The maximum atomic E-state index is 12.2. The molecule has 0 saturated heterocycles. The number of aliphatic hydroxyl groups excluding tert-OH is 1. The van der Waals surface area contributed by atoms with E-state index in [2.05, 4.69) is 24.2 Å². The highest BCUT2D eigenvalue weighted by Gasteiger charge is 2.19. The number of ether oxygens (including phenoxy) is 1. The van der Waals surface area contributed by atoms with Gasteiger partial charge in [-0.3, -0.25) is 4.79 Å². The quantitative estimate of drug-likeness (QED) is 0.499. The molecule has 31 heavy (non-hydrogen) atoms. The lowest BCUT2D eigenvalue weighted by molar-refractivity contribution is -0.000672. The summed E-state index contributed by atoms with van der Waals surface area (Å²) in [6, 6.07) is 21.5. The first-order chi connectivity index (χ1) is 14.9. The van der Waals surface area contributed by atoms with E-state index < -0.39 is 6.10 Å². The van der Waals surface area contributed by atoms with Crippen molar-refractivity contribution in [3.63, 3.8) is 0 Å². The fourth-order valence-corrected chi connectivity index (χ4v) is 3.92. The van der Waals surface area contributed by atoms with E-state index in [-0.39, 0.29) is 18.3 Å². The number of aliphatic hydroxyl groups is 1. The van der Waals surface area contributed by atoms with Crippen molar-refractivity contribution in [2.24, 2.45) is 0 Å². The monoisotopic (exact) mass is 417 g/mol. The van der Waals surface area contributed by atoms with E-state index in [1.165, 1.54) is 10.6 Å². The second-order valence-electron chi connectivity index (χ2n) is 7.92. The lowest BCUT2D eigenvalue weighted by atomic mass is 9.97. The van der Waals surface area contributed by atoms with Gasteiger partial charge < -0.3 is 14.4 Å². The summed E-state index contributed by atoms with van der Waals surface area (Å²) in [6.45, 7) is 6.22. The summed E-state index contributed by atoms with van der Waals surface area (Å²) < 4.78 is 9.54. The summed E-state index contributed by atoms with van der Waals surface area (Å²) in [4.78, 5) is 12.2. The molecule has 0 fully saturated rings. The summed E-state index contributed by atoms with van der Waals surface area (Å²) in [7, 11) is 0. The van der Waals surface area contributed by atoms with Crippen LogP contribution in [0.4, 0.5) is 0 Å². The summed E-state index contributed by atoms with van der Waals surface area (Å²) in [5, 5.41) is 15.1. The second-order valence-corrected chi connectivity index (χ2v) is 7.92. The number of fused-ring (bicyclic) bond motifs is 1. The highest BCUT2D eigenvalue weighted by atomic mass is 16.5. The summed E-state index contributed by atoms with van der Waals surface area (Å²) in [6.07, 6.45) is -1.03. The van der Waals surface area contributed by atoms with Gasteiger partial charge in [0.2, 0.25) is 0 Å². The minimum atomic E-state index is -0.754. The van der Waals surface area contributed by atoms with Crippen LogP contribution in [-0.2, 0) is 11.3 Å². The van der Waals surface area contributed by atoms with Crippen molar-refractivity contribution in [3.8, 4) is 0 Å². The van der Waals surface area contributed by atoms with Crippen molar-refractivity contribution in [1.29, 1.82) is 0 Å². The van der Waals surface area contributed by atoms with Crippen molar-refractivity contribution in [2.75, 3.05) is 6.61 Å². The Kier molecular flexibility index (Phi) is 6.02. The predicted molar refractivity (Wildman–Crippen MR) is 120 cm³/mol. The average Bonchev–Trinajstić information content (AvgIpc) is 3.15. The Balaban J connectivity index is 1.57. The molecule has 0 saturated carbocycles. The average molecular weight is 418 g/mol. The van der Waals surface area contributed by atoms with Crippen molar-refractivity contribution in [2.45, 2.75) is 39.5 Å². The summed E-state index contributed by atoms with van der Waals surface area (Å²) >= 11 is 0. The molecular weight excluding hydrogens is 390 g/mol. The molecule has 0 bridgehead atoms. The normalized spacial score (nSPS) is 13.4. The van der Waals surface area contributed by atoms with Crippen LogP contribution in [0.15, 0.2) is 71.5 Å². The van der Waals surface area contributed by atoms with Crippen LogP contribution < -0.4 is 5.56 Å². The molecule has 2 heterocycles. The molecule has 2 aromatic carbocycles. The third-order valence-corrected chi connectivity index (χ3v) is 5.48. The van der Waals surface area contributed by atoms with E-state index >= 15 is 0 Å². The van der Waals surface area contributed by atoms with Crippen molar-refractivity contribution >= 4 is 5.65 Å². The van der Waals surface area contributed by atoms with Crippen LogP contribution in [0.5, 0.6) is 0 Å². The van der Waals surface area contributed by atoms with E-state index in [1.807, 2.05) is 66.9 Å². The molecule has 0 unspecified atom stereocenters. The van der Waals surface area contributed by atoms with Crippen molar-refractivity contribution in [3.05, 3.63) is 105 Å². The molecule has 160 valence electrons. The summed E-state index contributed by atoms with van der Waals surface area (Å²) in [5.74, 6) is 0. The Bertz CT molecular complexity index is 1240. The van der Waals surface area contributed by atoms with Gasteiger partial charge in [0.15, 0.2) is 0 Å². The highest BCUT2D eigenvalue weighted by Crippen LogP contribution is 2.28. The maximum Gasteiger partial charge on any atom is 0.274 e. The zero-order chi connectivity index (χ0) is 22.0. The molecule has 1 N–H and O–H groups in total. The van der Waals surface area contributed by atoms with Gasteiger partial charge in [-0.2, -0.15) is 9.61 Å². The van der Waals surface area contributed by atoms with Crippen molar-refractivity contribution < 1.29 is 9.84 Å². The van der Waals surface area contributed by atoms with E-state index in [4.69, 9.17) is 4.74 Å². The number of hydrogen-bond acceptors (Lipinski definition) is 4. The summed E-state index contributed by atoms with van der Waals surface area (Å²) in [5.41, 5.74) is 5.28. The van der Waals surface area contributed by atoms with E-state index in [0.29, 0.717) is 12.2 Å². The molecule has 0 amide bonds. The first kappa shape index (κ1) is 21.0. The fourth-order valence-electron chi connectivity index (χ4n) is 3.92. The van der Waals surface area contributed by atoms with Gasteiger partial charge in [0, 0.05) is 17.8 Å². The van der Waals surface area contributed by atoms with Crippen LogP contribution in [0.3, 0.4) is 0 Å². The third-order valence-electron chi connectivity index (χ3n) is 5.48. The SMILES string of the molecule is Cc1cc2n(C[C@H](O)CO[C@@H](c3ccccc3)c3ccccc3C)c(C)cc(=O)n2n1. The molecule has 2 atom stereocenters. The second kappa shape index (κ2) is 8.88. The fraction of sp³-hybridized carbons (Fsp3) is 0.280. The number of hydrogen-bond donors (Lipinski definition) is 1. The van der Waals surface area contributed by atoms with Gasteiger partial charge in [0.1, 0.15) is 11.8 Å². The lowest BCUT2D eigenvalue weighted by Gasteiger charge is -2.23. The molecule has 0 spiro atoms. The first-order valence-electron chi connectivity index (χ1n) is 10.4. The van der Waals surface area contributed by atoms with Crippen LogP contribution in [-0.4, -0.2) is 32.0 Å². The van der Waals surface area contributed by atoms with Crippen molar-refractivity contribution in [1.82, 2.24) is 14.2 Å². The molecule has 0 radical (unpaired) electrons. The molecular formula is C25H27N3O3. The number of benzene rings is 2. The Morgan fingerprint density at radius 2 is 1.71 bits per heavy atom. The topological polar surface area (TPSA) is 68.8 Å². The molecule has 0 aliphatic heterocycles. The lowest BCUT2D eigenvalue weighted by Crippen LogP contribution is -2.27. The van der Waals surface area contributed by atoms with Crippen LogP contribution >= 0.6 is 0 Å². The van der Waals surface area contributed by atoms with E-state index in [0.717, 1.165) is 28.1 Å². The van der Waals surface area contributed by atoms with Gasteiger partial charge in [-0.05, 0) is 37.5 Å². The van der Waals surface area contributed by atoms with Gasteiger partial charge in [0.05, 0.1) is 24.9 Å². The van der Waals surface area contributed by atoms with Gasteiger partial charge in [-0.1, -0.05) is 54.6 Å². The largest absolute Gasteiger partial charge is 0.389 e. The number of aryl methyl sites for hydroxylation is 3. The van der Waals surface area contributed by atoms with Gasteiger partial charge in [-0.25, -0.2) is 0 Å². The molecule has 2 aromatic heterocycles. The zero-order valence-electron chi connectivity index (χ0n) is 18.0. The third kappa shape index (κ3) is 4.45. The Morgan fingerprint density at radius 3 is 2.45 bits per heavy atom. The smallest absolute Gasteiger partial charge is 0.274 e. The van der Waals surface area contributed by atoms with Crippen LogP contribution in [0.2, 0.25) is 0 Å². The van der Waals surface area contributed by atoms with Gasteiger partial charge >= 0.3 is 0 Å². The minimum absolute atomic E-state index is 0.152. The van der Waals surface area contributed by atoms with Gasteiger partial charge in [0.25, 0.3) is 5.56 Å². The van der Waals surface area contributed by atoms with E-state index in [1.54, 1.807) is 0 Å². The Hall–Kier alpha value is -3.22. The molecule has 4 aromatic rings. The zero-order valence-corrected chi connectivity index (χ0v) is 18.0. The maximum absolute atomic E-state index is 12.2. The Labute approximate surface area is 181 Å². The van der Waals surface area contributed by atoms with Crippen LogP contribution in [0.1, 0.15) is 34.2 Å². The van der Waals surface area contributed by atoms with E-state index in [9.17, 15) is 9.90 Å². The van der Waals surface area contributed by atoms with Crippen LogP contribution in [0.25, 0.3) is 5.65 Å². The number of nitrogens with zero attached hydrogens (tertiary/aromatic N) is 3. The van der Waals surface area contributed by atoms with Gasteiger partial charge in [-0.15, -0.1) is 0 Å². The molecule has 4 rings (SSSR count). The highest BCUT2D eigenvalue weighted by molar-refractivity contribution is 5.41. The minimum Gasteiger partial charge on any atom is -0.389 e. The number of aromatic nitrogens is 3. The standard InChI is InChI=1S/C25H27N3O3/c1-17-9-7-8-12-22(17)25(20-10-5-4-6-11-20)31-16-21(29)15-27-19(3)14-24(30)28-23(27)13-18(2)26-28/h4-14,21,25,29H,15-16H2,1-3H3/t21-,25-/m0/s1. The molecule has 0 aliphatic rings. The van der Waals surface area contributed by atoms with Crippen LogP contribution in [0, 0.1) is 20.8 Å². The first-order valence-corrected chi connectivity index (χ1v) is 10.4. The Morgan fingerprint density at radius 1 is 1.00 bits per heavy atom. The molecule has 0 aliphatic carbocycles. The number of rotatable bonds is 7. The predicted octanol–water partition coefficient (Wildman–Crippen LogP) is 3.59.